The van der Waals surface area contributed by atoms with Gasteiger partial charge in [-0.3, -0.25) is 0 Å². The van der Waals surface area contributed by atoms with Crippen LogP contribution in [0.3, 0.4) is 0 Å². The molecule has 2 nitrogen and oxygen atoms in total. The lowest BCUT2D eigenvalue weighted by Crippen LogP contribution is -2.19. The Morgan fingerprint density at radius 2 is 1.94 bits per heavy atom. The molecular weight excluding hydrogens is 280 g/mol. The molecule has 0 unspecified atom stereocenters. The van der Waals surface area contributed by atoms with Crippen molar-refractivity contribution in [2.45, 2.75) is 19.5 Å². The Kier molecular flexibility index (Phi) is 3.63. The Bertz CT molecular complexity index is 367. The third-order valence-corrected chi connectivity index (χ3v) is 3.08. The average Bonchev–Trinajstić information content (AvgIpc) is 2.69. The lowest BCUT2D eigenvalue weighted by molar-refractivity contribution is -0.0495. The number of nitrogens with zero attached hydrogens (tertiary/aromatic N) is 1. The minimum Gasteiger partial charge on any atom is -0.433 e. The largest absolute Gasteiger partial charge is 0.433 e. The van der Waals surface area contributed by atoms with Crippen LogP contribution in [0.1, 0.15) is 12.8 Å². The Balaban J connectivity index is 2.27. The Morgan fingerprint density at radius 3 is 2.56 bits per heavy atom. The first-order valence-corrected chi connectivity index (χ1v) is 5.95. The SMILES string of the molecule is FC(F)Oc1cc(Br)ccc1N1CCCC1. The molecule has 1 aromatic rings. The van der Waals surface area contributed by atoms with Crippen molar-refractivity contribution in [2.75, 3.05) is 18.0 Å². The molecule has 0 amide bonds. The third kappa shape index (κ3) is 2.64. The van der Waals surface area contributed by atoms with Gasteiger partial charge in [0, 0.05) is 17.6 Å². The molecule has 0 atom stereocenters. The van der Waals surface area contributed by atoms with E-state index < -0.39 is 6.61 Å². The number of hydrogen-bond acceptors (Lipinski definition) is 2. The summed E-state index contributed by atoms with van der Waals surface area (Å²) in [5.41, 5.74) is 0.751. The van der Waals surface area contributed by atoms with Gasteiger partial charge >= 0.3 is 6.61 Å². The molecule has 0 bridgehead atoms. The number of halogens is 3. The second-order valence-electron chi connectivity index (χ2n) is 3.68. The Labute approximate surface area is 101 Å². The maximum atomic E-state index is 12.3. The summed E-state index contributed by atoms with van der Waals surface area (Å²) >= 11 is 3.25. The fourth-order valence-corrected chi connectivity index (χ4v) is 2.24. The minimum atomic E-state index is -2.78. The standard InChI is InChI=1S/C11H12BrF2NO/c12-8-3-4-9(15-5-1-2-6-15)10(7-8)16-11(13)14/h3-4,7,11H,1-2,5-6H2. The zero-order valence-electron chi connectivity index (χ0n) is 8.63. The molecule has 2 rings (SSSR count). The highest BCUT2D eigenvalue weighted by Gasteiger charge is 2.18. The highest BCUT2D eigenvalue weighted by molar-refractivity contribution is 9.10. The lowest BCUT2D eigenvalue weighted by atomic mass is 10.2. The molecule has 1 fully saturated rings. The van der Waals surface area contributed by atoms with Crippen molar-refractivity contribution in [1.82, 2.24) is 0 Å². The third-order valence-electron chi connectivity index (χ3n) is 2.58. The molecule has 0 spiro atoms. The van der Waals surface area contributed by atoms with E-state index in [9.17, 15) is 8.78 Å². The van der Waals surface area contributed by atoms with E-state index >= 15 is 0 Å². The van der Waals surface area contributed by atoms with Crippen molar-refractivity contribution in [2.24, 2.45) is 0 Å². The van der Waals surface area contributed by atoms with Gasteiger partial charge in [-0.15, -0.1) is 0 Å². The first-order chi connectivity index (χ1) is 7.66. The molecule has 1 aliphatic heterocycles. The van der Waals surface area contributed by atoms with Gasteiger partial charge in [0.25, 0.3) is 0 Å². The Morgan fingerprint density at radius 1 is 1.25 bits per heavy atom. The molecule has 1 aromatic carbocycles. The van der Waals surface area contributed by atoms with Gasteiger partial charge in [0.05, 0.1) is 5.69 Å². The van der Waals surface area contributed by atoms with Gasteiger partial charge in [0.1, 0.15) is 0 Å². The van der Waals surface area contributed by atoms with Crippen LogP contribution in [-0.4, -0.2) is 19.7 Å². The van der Waals surface area contributed by atoms with E-state index in [1.807, 2.05) is 12.1 Å². The molecule has 1 heterocycles. The number of ether oxygens (including phenoxy) is 1. The zero-order chi connectivity index (χ0) is 11.5. The molecule has 16 heavy (non-hydrogen) atoms. The van der Waals surface area contributed by atoms with Crippen LogP contribution in [0.2, 0.25) is 0 Å². The molecule has 5 heteroatoms. The van der Waals surface area contributed by atoms with Crippen molar-refractivity contribution in [3.8, 4) is 5.75 Å². The smallest absolute Gasteiger partial charge is 0.387 e. The van der Waals surface area contributed by atoms with E-state index in [1.165, 1.54) is 0 Å². The summed E-state index contributed by atoms with van der Waals surface area (Å²) in [6.07, 6.45) is 2.20. The van der Waals surface area contributed by atoms with E-state index in [4.69, 9.17) is 0 Å². The van der Waals surface area contributed by atoms with E-state index in [0.29, 0.717) is 0 Å². The fourth-order valence-electron chi connectivity index (χ4n) is 1.90. The van der Waals surface area contributed by atoms with Crippen LogP contribution in [0.5, 0.6) is 5.75 Å². The number of anilines is 1. The summed E-state index contributed by atoms with van der Waals surface area (Å²) in [5, 5.41) is 0. The molecule has 0 N–H and O–H groups in total. The first-order valence-electron chi connectivity index (χ1n) is 5.16. The second kappa shape index (κ2) is 4.99. The molecule has 0 aliphatic carbocycles. The van der Waals surface area contributed by atoms with Gasteiger partial charge in [-0.05, 0) is 31.0 Å². The predicted octanol–water partition coefficient (Wildman–Crippen LogP) is 3.65. The molecule has 88 valence electrons. The van der Waals surface area contributed by atoms with Gasteiger partial charge in [0.2, 0.25) is 0 Å². The molecule has 0 radical (unpaired) electrons. The summed E-state index contributed by atoms with van der Waals surface area (Å²) in [6, 6.07) is 5.24. The monoisotopic (exact) mass is 291 g/mol. The predicted molar refractivity (Wildman–Crippen MR) is 62.2 cm³/mol. The molecule has 1 aliphatic rings. The summed E-state index contributed by atoms with van der Waals surface area (Å²) in [7, 11) is 0. The quantitative estimate of drug-likeness (QED) is 0.843. The fraction of sp³-hybridized carbons (Fsp3) is 0.455. The van der Waals surface area contributed by atoms with E-state index in [-0.39, 0.29) is 5.75 Å². The van der Waals surface area contributed by atoms with Gasteiger partial charge < -0.3 is 9.64 Å². The number of hydrogen-bond donors (Lipinski definition) is 0. The lowest BCUT2D eigenvalue weighted by Gasteiger charge is -2.21. The van der Waals surface area contributed by atoms with E-state index in [0.717, 1.165) is 36.1 Å². The minimum absolute atomic E-state index is 0.242. The number of benzene rings is 1. The molecule has 0 saturated carbocycles. The maximum absolute atomic E-state index is 12.3. The topological polar surface area (TPSA) is 12.5 Å². The van der Waals surface area contributed by atoms with E-state index in [1.54, 1.807) is 6.07 Å². The van der Waals surface area contributed by atoms with Crippen LogP contribution in [0.25, 0.3) is 0 Å². The zero-order valence-corrected chi connectivity index (χ0v) is 10.2. The highest BCUT2D eigenvalue weighted by Crippen LogP contribution is 2.34. The molecule has 1 saturated heterocycles. The summed E-state index contributed by atoms with van der Waals surface area (Å²) < 4.78 is 29.8. The van der Waals surface area contributed by atoms with Crippen LogP contribution in [-0.2, 0) is 0 Å². The number of rotatable bonds is 3. The van der Waals surface area contributed by atoms with Crippen LogP contribution >= 0.6 is 15.9 Å². The van der Waals surface area contributed by atoms with Crippen molar-refractivity contribution < 1.29 is 13.5 Å². The summed E-state index contributed by atoms with van der Waals surface area (Å²) in [5.74, 6) is 0.242. The summed E-state index contributed by atoms with van der Waals surface area (Å²) in [6.45, 7) is -0.974. The normalized spacial score (nSPS) is 15.9. The first kappa shape index (κ1) is 11.6. The van der Waals surface area contributed by atoms with Gasteiger partial charge in [0.15, 0.2) is 5.75 Å². The summed E-state index contributed by atoms with van der Waals surface area (Å²) in [4.78, 5) is 2.07. The highest BCUT2D eigenvalue weighted by atomic mass is 79.9. The van der Waals surface area contributed by atoms with Crippen molar-refractivity contribution in [3.63, 3.8) is 0 Å². The van der Waals surface area contributed by atoms with Crippen LogP contribution in [0.4, 0.5) is 14.5 Å². The van der Waals surface area contributed by atoms with Crippen LogP contribution in [0, 0.1) is 0 Å². The average molecular weight is 292 g/mol. The van der Waals surface area contributed by atoms with Gasteiger partial charge in [-0.2, -0.15) is 8.78 Å². The second-order valence-corrected chi connectivity index (χ2v) is 4.60. The maximum Gasteiger partial charge on any atom is 0.387 e. The van der Waals surface area contributed by atoms with Crippen molar-refractivity contribution in [3.05, 3.63) is 22.7 Å². The Hall–Kier alpha value is -0.840. The van der Waals surface area contributed by atoms with Crippen LogP contribution in [0.15, 0.2) is 22.7 Å². The van der Waals surface area contributed by atoms with Crippen molar-refractivity contribution in [1.29, 1.82) is 0 Å². The van der Waals surface area contributed by atoms with Crippen molar-refractivity contribution >= 4 is 21.6 Å². The van der Waals surface area contributed by atoms with Crippen LogP contribution < -0.4 is 9.64 Å². The van der Waals surface area contributed by atoms with Gasteiger partial charge in [-0.1, -0.05) is 15.9 Å². The number of alkyl halides is 2. The van der Waals surface area contributed by atoms with Gasteiger partial charge in [-0.25, -0.2) is 0 Å². The molecular formula is C11H12BrF2NO. The van der Waals surface area contributed by atoms with E-state index in [2.05, 4.69) is 25.6 Å². The molecule has 0 aromatic heterocycles.